The van der Waals surface area contributed by atoms with Crippen molar-refractivity contribution in [3.63, 3.8) is 0 Å². The fourth-order valence-electron chi connectivity index (χ4n) is 0.311. The molecule has 0 amide bonds. The van der Waals surface area contributed by atoms with Crippen molar-refractivity contribution in [2.45, 2.75) is 13.8 Å². The predicted octanol–water partition coefficient (Wildman–Crippen LogP) is 1.07. The molecule has 0 spiro atoms. The van der Waals surface area contributed by atoms with Crippen molar-refractivity contribution in [2.75, 3.05) is 13.1 Å². The number of aliphatic imine (C=N–C) groups is 1. The second-order valence-corrected chi connectivity index (χ2v) is 2.96. The Morgan fingerprint density at radius 2 is 2.22 bits per heavy atom. The van der Waals surface area contributed by atoms with Gasteiger partial charge in [-0.05, 0) is 24.2 Å². The molecular formula is C6H12N2S. The quantitative estimate of drug-likeness (QED) is 0.475. The molecule has 0 aliphatic heterocycles. The van der Waals surface area contributed by atoms with Crippen LogP contribution < -0.4 is 5.73 Å². The Labute approximate surface area is 61.2 Å². The van der Waals surface area contributed by atoms with E-state index in [1.54, 1.807) is 0 Å². The van der Waals surface area contributed by atoms with Crippen LogP contribution in [-0.4, -0.2) is 18.3 Å². The predicted molar refractivity (Wildman–Crippen MR) is 42.7 cm³/mol. The van der Waals surface area contributed by atoms with Crippen LogP contribution in [0, 0.1) is 5.41 Å². The Kier molecular flexibility index (Phi) is 3.62. The van der Waals surface area contributed by atoms with Crippen molar-refractivity contribution in [3.05, 3.63) is 0 Å². The van der Waals surface area contributed by atoms with E-state index in [1.165, 1.54) is 0 Å². The van der Waals surface area contributed by atoms with Gasteiger partial charge in [-0.1, -0.05) is 13.8 Å². The molecule has 0 saturated heterocycles. The van der Waals surface area contributed by atoms with Gasteiger partial charge in [0, 0.05) is 0 Å². The number of nitrogens with zero attached hydrogens (tertiary/aromatic N) is 1. The molecule has 0 aliphatic rings. The Balaban J connectivity index is 3.71. The molecule has 2 nitrogen and oxygen atoms in total. The first-order valence-corrected chi connectivity index (χ1v) is 3.27. The average Bonchev–Trinajstić information content (AvgIpc) is 1.84. The van der Waals surface area contributed by atoms with Crippen LogP contribution in [0.2, 0.25) is 0 Å². The van der Waals surface area contributed by atoms with Gasteiger partial charge in [0.15, 0.2) is 0 Å². The monoisotopic (exact) mass is 144 g/mol. The molecule has 9 heavy (non-hydrogen) atoms. The van der Waals surface area contributed by atoms with E-state index in [1.807, 2.05) is 13.8 Å². The van der Waals surface area contributed by atoms with E-state index >= 15 is 0 Å². The highest BCUT2D eigenvalue weighted by Crippen LogP contribution is 2.11. The summed E-state index contributed by atoms with van der Waals surface area (Å²) in [6, 6.07) is 0. The van der Waals surface area contributed by atoms with Crippen LogP contribution in [0.15, 0.2) is 4.99 Å². The fourth-order valence-corrected chi connectivity index (χ4v) is 0.375. The fraction of sp³-hybridized carbons (Fsp3) is 0.833. The Morgan fingerprint density at radius 3 is 2.56 bits per heavy atom. The molecule has 0 aromatic heterocycles. The van der Waals surface area contributed by atoms with E-state index in [4.69, 9.17) is 5.73 Å². The number of rotatable bonds is 3. The normalized spacial score (nSPS) is 10.6. The van der Waals surface area contributed by atoms with Gasteiger partial charge >= 0.3 is 0 Å². The highest BCUT2D eigenvalue weighted by Gasteiger charge is 2.13. The van der Waals surface area contributed by atoms with Crippen molar-refractivity contribution in [1.29, 1.82) is 0 Å². The molecule has 3 heteroatoms. The summed E-state index contributed by atoms with van der Waals surface area (Å²) >= 11 is 4.41. The summed E-state index contributed by atoms with van der Waals surface area (Å²) in [5.74, 6) is 0. The van der Waals surface area contributed by atoms with Gasteiger partial charge in [-0.25, -0.2) is 4.99 Å². The maximum Gasteiger partial charge on any atom is 0.0585 e. The molecule has 2 N–H and O–H groups in total. The first-order valence-electron chi connectivity index (χ1n) is 2.86. The van der Waals surface area contributed by atoms with Crippen LogP contribution in [0.25, 0.3) is 0 Å². The van der Waals surface area contributed by atoms with Gasteiger partial charge < -0.3 is 5.73 Å². The van der Waals surface area contributed by atoms with Crippen molar-refractivity contribution in [1.82, 2.24) is 0 Å². The molecule has 0 saturated carbocycles. The SMILES string of the molecule is CC(C)(CN)CN=C=S. The first-order chi connectivity index (χ1) is 4.12. The van der Waals surface area contributed by atoms with Gasteiger partial charge in [0.25, 0.3) is 0 Å². The zero-order chi connectivity index (χ0) is 7.33. The third-order valence-electron chi connectivity index (χ3n) is 1.12. The molecule has 0 aromatic rings. The summed E-state index contributed by atoms with van der Waals surface area (Å²) in [7, 11) is 0. The summed E-state index contributed by atoms with van der Waals surface area (Å²) in [5.41, 5.74) is 5.50. The van der Waals surface area contributed by atoms with Crippen LogP contribution in [0.3, 0.4) is 0 Å². The van der Waals surface area contributed by atoms with Gasteiger partial charge in [-0.15, -0.1) is 0 Å². The number of nitrogens with two attached hydrogens (primary N) is 1. The Bertz CT molecular complexity index is 125. The van der Waals surface area contributed by atoms with Crippen LogP contribution in [0.5, 0.6) is 0 Å². The molecule has 0 atom stereocenters. The number of hydrogen-bond donors (Lipinski definition) is 1. The van der Waals surface area contributed by atoms with E-state index in [0.29, 0.717) is 13.1 Å². The lowest BCUT2D eigenvalue weighted by atomic mass is 9.94. The van der Waals surface area contributed by atoms with E-state index < -0.39 is 0 Å². The largest absolute Gasteiger partial charge is 0.330 e. The minimum atomic E-state index is 0.0752. The minimum Gasteiger partial charge on any atom is -0.330 e. The zero-order valence-electron chi connectivity index (χ0n) is 5.85. The van der Waals surface area contributed by atoms with Crippen molar-refractivity contribution < 1.29 is 0 Å². The summed E-state index contributed by atoms with van der Waals surface area (Å²) in [5, 5.41) is 2.31. The van der Waals surface area contributed by atoms with Crippen molar-refractivity contribution in [3.8, 4) is 0 Å². The Morgan fingerprint density at radius 1 is 1.67 bits per heavy atom. The van der Waals surface area contributed by atoms with Gasteiger partial charge in [0.05, 0.1) is 11.7 Å². The smallest absolute Gasteiger partial charge is 0.0585 e. The highest BCUT2D eigenvalue weighted by atomic mass is 32.1. The van der Waals surface area contributed by atoms with Crippen LogP contribution in [0.4, 0.5) is 0 Å². The lowest BCUT2D eigenvalue weighted by Gasteiger charge is -2.17. The van der Waals surface area contributed by atoms with Crippen LogP contribution >= 0.6 is 12.2 Å². The van der Waals surface area contributed by atoms with E-state index in [9.17, 15) is 0 Å². The molecule has 0 aromatic carbocycles. The lowest BCUT2D eigenvalue weighted by molar-refractivity contribution is 0.395. The third kappa shape index (κ3) is 4.28. The number of hydrogen-bond acceptors (Lipinski definition) is 3. The molecular weight excluding hydrogens is 132 g/mol. The molecule has 0 unspecified atom stereocenters. The molecule has 0 rings (SSSR count). The molecule has 0 fully saturated rings. The summed E-state index contributed by atoms with van der Waals surface area (Å²) in [6.07, 6.45) is 0. The van der Waals surface area contributed by atoms with Crippen LogP contribution in [-0.2, 0) is 0 Å². The zero-order valence-corrected chi connectivity index (χ0v) is 6.66. The number of thiocarbonyl (C=S) groups is 1. The summed E-state index contributed by atoms with van der Waals surface area (Å²) in [4.78, 5) is 3.80. The molecule has 0 radical (unpaired) electrons. The summed E-state index contributed by atoms with van der Waals surface area (Å²) < 4.78 is 0. The van der Waals surface area contributed by atoms with Gasteiger partial charge in [-0.3, -0.25) is 0 Å². The molecule has 0 bridgehead atoms. The van der Waals surface area contributed by atoms with Crippen molar-refractivity contribution in [2.24, 2.45) is 16.1 Å². The Hall–Kier alpha value is -0.240. The second kappa shape index (κ2) is 3.72. The standard InChI is InChI=1S/C6H12N2S/c1-6(2,3-7)4-8-5-9/h3-4,7H2,1-2H3. The maximum atomic E-state index is 5.43. The van der Waals surface area contributed by atoms with Crippen molar-refractivity contribution >= 4 is 17.4 Å². The van der Waals surface area contributed by atoms with Gasteiger partial charge in [0.1, 0.15) is 0 Å². The van der Waals surface area contributed by atoms with E-state index in [2.05, 4.69) is 22.4 Å². The summed E-state index contributed by atoms with van der Waals surface area (Å²) in [6.45, 7) is 5.40. The van der Waals surface area contributed by atoms with Gasteiger partial charge in [0.2, 0.25) is 0 Å². The van der Waals surface area contributed by atoms with E-state index in [0.717, 1.165) is 0 Å². The third-order valence-corrected chi connectivity index (χ3v) is 1.25. The van der Waals surface area contributed by atoms with Crippen LogP contribution in [0.1, 0.15) is 13.8 Å². The maximum absolute atomic E-state index is 5.43. The minimum absolute atomic E-state index is 0.0752. The second-order valence-electron chi connectivity index (χ2n) is 2.78. The average molecular weight is 144 g/mol. The molecule has 0 heterocycles. The van der Waals surface area contributed by atoms with E-state index in [-0.39, 0.29) is 5.41 Å². The topological polar surface area (TPSA) is 38.4 Å². The number of isothiocyanates is 1. The van der Waals surface area contributed by atoms with Gasteiger partial charge in [-0.2, -0.15) is 0 Å². The molecule has 0 aliphatic carbocycles. The first kappa shape index (κ1) is 8.76. The highest BCUT2D eigenvalue weighted by molar-refractivity contribution is 7.78. The lowest BCUT2D eigenvalue weighted by Crippen LogP contribution is -2.26. The molecule has 52 valence electrons.